The summed E-state index contributed by atoms with van der Waals surface area (Å²) >= 11 is 1.80. The number of hydrogen-bond donors (Lipinski definition) is 1. The molecule has 0 aliphatic heterocycles. The van der Waals surface area contributed by atoms with Gasteiger partial charge in [-0.15, -0.1) is 11.3 Å². The molecule has 4 heteroatoms. The average Bonchev–Trinajstić information content (AvgIpc) is 2.92. The molecule has 1 aromatic carbocycles. The Balaban J connectivity index is 1.96. The largest absolute Gasteiger partial charge is 0.370 e. The third kappa shape index (κ3) is 2.51. The molecule has 1 N–H and O–H groups in total. The van der Waals surface area contributed by atoms with E-state index in [4.69, 9.17) is 9.72 Å². The first kappa shape index (κ1) is 13.7. The third-order valence-corrected chi connectivity index (χ3v) is 5.13. The second-order valence-corrected chi connectivity index (χ2v) is 6.19. The van der Waals surface area contributed by atoms with E-state index in [1.165, 1.54) is 29.0 Å². The Hall–Kier alpha value is -1.23. The number of aryl methyl sites for hydroxylation is 1. The number of hydrogen-bond acceptors (Lipinski definition) is 4. The molecular formula is C16H20N2OS. The van der Waals surface area contributed by atoms with Crippen molar-refractivity contribution in [2.45, 2.75) is 31.4 Å². The minimum atomic E-state index is -0.0516. The predicted molar refractivity (Wildman–Crippen MR) is 82.1 cm³/mol. The van der Waals surface area contributed by atoms with Crippen molar-refractivity contribution >= 4 is 11.3 Å². The van der Waals surface area contributed by atoms with E-state index in [9.17, 15) is 0 Å². The van der Waals surface area contributed by atoms with Gasteiger partial charge in [0.15, 0.2) is 0 Å². The Morgan fingerprint density at radius 1 is 1.35 bits per heavy atom. The summed E-state index contributed by atoms with van der Waals surface area (Å²) < 4.78 is 5.70. The fourth-order valence-electron chi connectivity index (χ4n) is 2.83. The first-order valence-electron chi connectivity index (χ1n) is 7.08. The van der Waals surface area contributed by atoms with Gasteiger partial charge in [-0.2, -0.15) is 0 Å². The van der Waals surface area contributed by atoms with Crippen molar-refractivity contribution in [2.24, 2.45) is 0 Å². The van der Waals surface area contributed by atoms with E-state index >= 15 is 0 Å². The van der Waals surface area contributed by atoms with Crippen molar-refractivity contribution in [3.8, 4) is 0 Å². The van der Waals surface area contributed by atoms with Crippen LogP contribution < -0.4 is 5.32 Å². The molecule has 1 aromatic heterocycles. The lowest BCUT2D eigenvalue weighted by atomic mass is 9.98. The zero-order valence-corrected chi connectivity index (χ0v) is 12.7. The predicted octanol–water partition coefficient (Wildman–Crippen LogP) is 3.48. The highest BCUT2D eigenvalue weighted by atomic mass is 32.1. The highest BCUT2D eigenvalue weighted by Gasteiger charge is 2.26. The van der Waals surface area contributed by atoms with E-state index < -0.39 is 0 Å². The van der Waals surface area contributed by atoms with E-state index in [1.807, 2.05) is 25.2 Å². The quantitative estimate of drug-likeness (QED) is 0.935. The van der Waals surface area contributed by atoms with Gasteiger partial charge in [0.2, 0.25) is 0 Å². The van der Waals surface area contributed by atoms with Crippen LogP contribution in [0.25, 0.3) is 0 Å². The second-order valence-electron chi connectivity index (χ2n) is 5.12. The molecule has 3 nitrogen and oxygen atoms in total. The van der Waals surface area contributed by atoms with Gasteiger partial charge >= 0.3 is 0 Å². The van der Waals surface area contributed by atoms with E-state index in [2.05, 4.69) is 17.4 Å². The third-order valence-electron chi connectivity index (χ3n) is 3.88. The number of benzene rings is 1. The van der Waals surface area contributed by atoms with Crippen LogP contribution in [-0.4, -0.2) is 19.1 Å². The number of ether oxygens (including phenoxy) is 1. The van der Waals surface area contributed by atoms with Gasteiger partial charge in [-0.1, -0.05) is 30.3 Å². The maximum atomic E-state index is 5.70. The zero-order chi connectivity index (χ0) is 13.9. The molecule has 0 radical (unpaired) electrons. The van der Waals surface area contributed by atoms with Crippen molar-refractivity contribution in [1.82, 2.24) is 10.3 Å². The fraction of sp³-hybridized carbons (Fsp3) is 0.438. The molecule has 20 heavy (non-hydrogen) atoms. The molecule has 0 spiro atoms. The van der Waals surface area contributed by atoms with E-state index in [0.29, 0.717) is 6.04 Å². The van der Waals surface area contributed by atoms with Crippen molar-refractivity contribution < 1.29 is 4.74 Å². The fourth-order valence-corrected chi connectivity index (χ4v) is 4.20. The summed E-state index contributed by atoms with van der Waals surface area (Å²) in [4.78, 5) is 6.25. The van der Waals surface area contributed by atoms with Gasteiger partial charge in [-0.05, 0) is 31.9 Å². The highest BCUT2D eigenvalue weighted by Crippen LogP contribution is 2.38. The Labute approximate surface area is 124 Å². The van der Waals surface area contributed by atoms with Crippen LogP contribution in [0.3, 0.4) is 0 Å². The lowest BCUT2D eigenvalue weighted by Gasteiger charge is -2.20. The maximum Gasteiger partial charge on any atom is 0.134 e. The number of methoxy groups -OCH3 is 1. The summed E-state index contributed by atoms with van der Waals surface area (Å²) in [5.74, 6) is 0. The van der Waals surface area contributed by atoms with E-state index in [1.54, 1.807) is 18.4 Å². The molecule has 0 bridgehead atoms. The molecule has 2 atom stereocenters. The molecule has 2 unspecified atom stereocenters. The van der Waals surface area contributed by atoms with E-state index in [0.717, 1.165) is 11.4 Å². The number of thiazole rings is 1. The van der Waals surface area contributed by atoms with Crippen LogP contribution in [0.15, 0.2) is 30.3 Å². The molecule has 1 heterocycles. The van der Waals surface area contributed by atoms with Crippen molar-refractivity contribution in [3.05, 3.63) is 51.5 Å². The van der Waals surface area contributed by atoms with Crippen molar-refractivity contribution in [3.63, 3.8) is 0 Å². The van der Waals surface area contributed by atoms with Gasteiger partial charge in [0.1, 0.15) is 11.1 Å². The molecule has 1 aliphatic carbocycles. The van der Waals surface area contributed by atoms with Crippen LogP contribution in [0.4, 0.5) is 0 Å². The summed E-state index contributed by atoms with van der Waals surface area (Å²) in [6.45, 7) is 0. The Kier molecular flexibility index (Phi) is 4.15. The number of aromatic nitrogens is 1. The molecule has 106 valence electrons. The first-order chi connectivity index (χ1) is 9.83. The Morgan fingerprint density at radius 3 is 2.85 bits per heavy atom. The van der Waals surface area contributed by atoms with E-state index in [-0.39, 0.29) is 6.10 Å². The maximum absolute atomic E-state index is 5.70. The topological polar surface area (TPSA) is 34.2 Å². The molecule has 0 saturated carbocycles. The van der Waals surface area contributed by atoms with Crippen molar-refractivity contribution in [1.29, 1.82) is 0 Å². The number of nitrogens with one attached hydrogen (secondary N) is 1. The van der Waals surface area contributed by atoms with Gasteiger partial charge in [0, 0.05) is 18.0 Å². The number of fused-ring (bicyclic) bond motifs is 1. The monoisotopic (exact) mass is 288 g/mol. The minimum absolute atomic E-state index is 0.0516. The Bertz CT molecular complexity index is 567. The van der Waals surface area contributed by atoms with Crippen LogP contribution in [0.5, 0.6) is 0 Å². The molecule has 3 rings (SSSR count). The first-order valence-corrected chi connectivity index (χ1v) is 7.89. The second kappa shape index (κ2) is 6.04. The minimum Gasteiger partial charge on any atom is -0.370 e. The van der Waals surface area contributed by atoms with Crippen LogP contribution >= 0.6 is 11.3 Å². The summed E-state index contributed by atoms with van der Waals surface area (Å²) in [5, 5.41) is 4.47. The summed E-state index contributed by atoms with van der Waals surface area (Å²) in [6.07, 6.45) is 3.46. The van der Waals surface area contributed by atoms with Gasteiger partial charge in [-0.25, -0.2) is 4.98 Å². The normalized spacial score (nSPS) is 19.6. The standard InChI is InChI=1S/C16H20N2OS/c1-17-12-9-6-10-13-15(12)20-16(18-13)14(19-2)11-7-4-3-5-8-11/h3-5,7-8,12,14,17H,6,9-10H2,1-2H3. The zero-order valence-electron chi connectivity index (χ0n) is 11.9. The van der Waals surface area contributed by atoms with Gasteiger partial charge in [0.05, 0.1) is 5.69 Å². The summed E-state index contributed by atoms with van der Waals surface area (Å²) in [6, 6.07) is 10.8. The summed E-state index contributed by atoms with van der Waals surface area (Å²) in [5.41, 5.74) is 2.43. The molecule has 1 aliphatic rings. The smallest absolute Gasteiger partial charge is 0.134 e. The van der Waals surface area contributed by atoms with Gasteiger partial charge in [-0.3, -0.25) is 0 Å². The lowest BCUT2D eigenvalue weighted by molar-refractivity contribution is 0.136. The average molecular weight is 288 g/mol. The lowest BCUT2D eigenvalue weighted by Crippen LogP contribution is -2.19. The number of nitrogens with zero attached hydrogens (tertiary/aromatic N) is 1. The number of rotatable bonds is 4. The summed E-state index contributed by atoms with van der Waals surface area (Å²) in [7, 11) is 3.79. The van der Waals surface area contributed by atoms with Gasteiger partial charge < -0.3 is 10.1 Å². The molecular weight excluding hydrogens is 268 g/mol. The molecule has 0 amide bonds. The molecule has 2 aromatic rings. The van der Waals surface area contributed by atoms with Gasteiger partial charge in [0.25, 0.3) is 0 Å². The molecule has 0 fully saturated rings. The van der Waals surface area contributed by atoms with Crippen LogP contribution in [0, 0.1) is 0 Å². The van der Waals surface area contributed by atoms with Crippen molar-refractivity contribution in [2.75, 3.05) is 14.2 Å². The highest BCUT2D eigenvalue weighted by molar-refractivity contribution is 7.12. The SMILES string of the molecule is CNC1CCCc2nc(C(OC)c3ccccc3)sc21. The van der Waals surface area contributed by atoms with Crippen LogP contribution in [0.1, 0.15) is 46.1 Å². The Morgan fingerprint density at radius 2 is 2.15 bits per heavy atom. The van der Waals surface area contributed by atoms with Crippen LogP contribution in [-0.2, 0) is 11.2 Å². The molecule has 0 saturated heterocycles. The van der Waals surface area contributed by atoms with Crippen LogP contribution in [0.2, 0.25) is 0 Å².